The maximum absolute atomic E-state index is 13.8. The Morgan fingerprint density at radius 2 is 1.64 bits per heavy atom. The third-order valence-electron chi connectivity index (χ3n) is 4.37. The Bertz CT molecular complexity index is 862. The van der Waals surface area contributed by atoms with Crippen molar-refractivity contribution >= 4 is 23.2 Å². The van der Waals surface area contributed by atoms with Gasteiger partial charge in [-0.15, -0.1) is 0 Å². The molecule has 150 valence electrons. The van der Waals surface area contributed by atoms with E-state index in [0.29, 0.717) is 5.69 Å². The number of hydrogen-bond acceptors (Lipinski definition) is 3. The number of halogens is 2. The van der Waals surface area contributed by atoms with Gasteiger partial charge in [0.2, 0.25) is 5.91 Å². The number of nitrogens with zero attached hydrogens (tertiary/aromatic N) is 1. The van der Waals surface area contributed by atoms with E-state index in [9.17, 15) is 18.4 Å². The minimum absolute atomic E-state index is 0.291. The van der Waals surface area contributed by atoms with Crippen molar-refractivity contribution in [2.75, 3.05) is 24.3 Å². The summed E-state index contributed by atoms with van der Waals surface area (Å²) in [5.41, 5.74) is 1.86. The predicted octanol–water partition coefficient (Wildman–Crippen LogP) is 3.73. The highest BCUT2D eigenvalue weighted by Gasteiger charge is 2.27. The van der Waals surface area contributed by atoms with Crippen LogP contribution in [0, 0.1) is 24.5 Å². The van der Waals surface area contributed by atoms with Crippen LogP contribution in [0.2, 0.25) is 0 Å². The lowest BCUT2D eigenvalue weighted by atomic mass is 10.0. The lowest BCUT2D eigenvalue weighted by molar-refractivity contribution is -0.118. The van der Waals surface area contributed by atoms with E-state index in [1.807, 2.05) is 38.1 Å². The van der Waals surface area contributed by atoms with Gasteiger partial charge in [0, 0.05) is 25.5 Å². The molecule has 0 saturated carbocycles. The Kier molecular flexibility index (Phi) is 6.72. The number of carbonyl (C=O) groups is 2. The summed E-state index contributed by atoms with van der Waals surface area (Å²) in [5, 5.41) is 5.20. The smallest absolute Gasteiger partial charge is 0.257 e. The minimum atomic E-state index is -0.977. The van der Waals surface area contributed by atoms with E-state index in [1.165, 1.54) is 6.07 Å². The van der Waals surface area contributed by atoms with Gasteiger partial charge in [-0.05, 0) is 48.7 Å². The van der Waals surface area contributed by atoms with Gasteiger partial charge in [0.15, 0.2) is 0 Å². The molecule has 0 fully saturated rings. The third-order valence-corrected chi connectivity index (χ3v) is 4.37. The Morgan fingerprint density at radius 1 is 1.04 bits per heavy atom. The van der Waals surface area contributed by atoms with Gasteiger partial charge in [-0.2, -0.15) is 0 Å². The molecule has 2 amide bonds. The number of anilines is 2. The van der Waals surface area contributed by atoms with Crippen molar-refractivity contribution in [1.29, 1.82) is 0 Å². The fraction of sp³-hybridized carbons (Fsp3) is 0.333. The largest absolute Gasteiger partial charge is 0.377 e. The summed E-state index contributed by atoms with van der Waals surface area (Å²) in [7, 11) is 3.85. The number of aryl methyl sites for hydroxylation is 1. The molecule has 0 aliphatic carbocycles. The van der Waals surface area contributed by atoms with Gasteiger partial charge >= 0.3 is 0 Å². The normalized spacial score (nSPS) is 11.9. The molecular formula is C21H25F2N3O2. The molecule has 2 N–H and O–H groups in total. The van der Waals surface area contributed by atoms with E-state index in [2.05, 4.69) is 10.6 Å². The van der Waals surface area contributed by atoms with Crippen LogP contribution in [0.1, 0.15) is 29.8 Å². The minimum Gasteiger partial charge on any atom is -0.377 e. The summed E-state index contributed by atoms with van der Waals surface area (Å²) in [6, 6.07) is 7.67. The van der Waals surface area contributed by atoms with Gasteiger partial charge in [-0.25, -0.2) is 8.78 Å². The van der Waals surface area contributed by atoms with Crippen molar-refractivity contribution in [2.45, 2.75) is 26.8 Å². The van der Waals surface area contributed by atoms with E-state index in [4.69, 9.17) is 0 Å². The zero-order valence-corrected chi connectivity index (χ0v) is 16.6. The lowest BCUT2D eigenvalue weighted by Gasteiger charge is -2.23. The summed E-state index contributed by atoms with van der Waals surface area (Å²) in [6.45, 7) is 5.40. The first kappa shape index (κ1) is 21.3. The van der Waals surface area contributed by atoms with Crippen molar-refractivity contribution in [3.05, 3.63) is 59.2 Å². The maximum Gasteiger partial charge on any atom is 0.257 e. The lowest BCUT2D eigenvalue weighted by Crippen LogP contribution is -2.47. The molecule has 1 unspecified atom stereocenters. The topological polar surface area (TPSA) is 61.4 Å². The number of amides is 2. The first-order valence-electron chi connectivity index (χ1n) is 8.95. The summed E-state index contributed by atoms with van der Waals surface area (Å²) >= 11 is 0. The fourth-order valence-electron chi connectivity index (χ4n) is 2.92. The summed E-state index contributed by atoms with van der Waals surface area (Å²) < 4.78 is 27.7. The molecule has 7 heteroatoms. The molecule has 28 heavy (non-hydrogen) atoms. The summed E-state index contributed by atoms with van der Waals surface area (Å²) in [5.74, 6) is -3.67. The van der Waals surface area contributed by atoms with Crippen molar-refractivity contribution in [2.24, 2.45) is 5.92 Å². The fourth-order valence-corrected chi connectivity index (χ4v) is 2.92. The first-order valence-corrected chi connectivity index (χ1v) is 8.95. The predicted molar refractivity (Wildman–Crippen MR) is 107 cm³/mol. The number of hydrogen-bond donors (Lipinski definition) is 2. The Morgan fingerprint density at radius 3 is 2.14 bits per heavy atom. The molecule has 0 bridgehead atoms. The molecule has 0 saturated heterocycles. The Hall–Kier alpha value is -2.96. The molecular weight excluding hydrogens is 364 g/mol. The second-order valence-electron chi connectivity index (χ2n) is 7.18. The van der Waals surface area contributed by atoms with Gasteiger partial charge in [-0.1, -0.05) is 19.9 Å². The van der Waals surface area contributed by atoms with Gasteiger partial charge < -0.3 is 15.5 Å². The number of nitrogens with one attached hydrogen (secondary N) is 2. The molecule has 1 atom stereocenters. The van der Waals surface area contributed by atoms with E-state index in [-0.39, 0.29) is 5.92 Å². The van der Waals surface area contributed by atoms with Crippen molar-refractivity contribution < 1.29 is 18.4 Å². The van der Waals surface area contributed by atoms with E-state index in [0.717, 1.165) is 23.4 Å². The molecule has 2 aromatic carbocycles. The Balaban J connectivity index is 2.18. The van der Waals surface area contributed by atoms with E-state index >= 15 is 0 Å². The molecule has 5 nitrogen and oxygen atoms in total. The molecule has 0 aliphatic heterocycles. The molecule has 0 radical (unpaired) electrons. The van der Waals surface area contributed by atoms with Crippen LogP contribution in [0.25, 0.3) is 0 Å². The van der Waals surface area contributed by atoms with Crippen LogP contribution in [-0.4, -0.2) is 32.0 Å². The quantitative estimate of drug-likeness (QED) is 0.791. The molecule has 0 aromatic heterocycles. The zero-order chi connectivity index (χ0) is 21.0. The van der Waals surface area contributed by atoms with Crippen LogP contribution < -0.4 is 15.5 Å². The van der Waals surface area contributed by atoms with Gasteiger partial charge in [0.05, 0.1) is 0 Å². The molecule has 0 aliphatic rings. The Labute approximate surface area is 163 Å². The van der Waals surface area contributed by atoms with Crippen LogP contribution in [0.3, 0.4) is 0 Å². The highest BCUT2D eigenvalue weighted by Crippen LogP contribution is 2.22. The number of benzene rings is 2. The maximum atomic E-state index is 13.8. The van der Waals surface area contributed by atoms with Gasteiger partial charge in [0.1, 0.15) is 23.2 Å². The van der Waals surface area contributed by atoms with Crippen molar-refractivity contribution in [3.8, 4) is 0 Å². The standard InChI is InChI=1S/C21H25F2N3O2/c1-12(2)19(25-20(27)18-15(22)7-6-8-16(18)23)21(28)24-14-9-10-17(26(4)5)13(3)11-14/h6-12,19H,1-5H3,(H,24,28)(H,25,27). The van der Waals surface area contributed by atoms with Gasteiger partial charge in [0.25, 0.3) is 5.91 Å². The molecule has 2 rings (SSSR count). The first-order chi connectivity index (χ1) is 13.1. The van der Waals surface area contributed by atoms with Crippen LogP contribution in [0.4, 0.5) is 20.2 Å². The van der Waals surface area contributed by atoms with Crippen molar-refractivity contribution in [1.82, 2.24) is 5.32 Å². The van der Waals surface area contributed by atoms with Gasteiger partial charge in [-0.3, -0.25) is 9.59 Å². The third kappa shape index (κ3) is 4.85. The van der Waals surface area contributed by atoms with Crippen LogP contribution in [-0.2, 0) is 4.79 Å². The average Bonchev–Trinajstić information content (AvgIpc) is 2.58. The number of carbonyl (C=O) groups excluding carboxylic acids is 2. The van der Waals surface area contributed by atoms with E-state index in [1.54, 1.807) is 19.9 Å². The SMILES string of the molecule is Cc1cc(NC(=O)C(NC(=O)c2c(F)cccc2F)C(C)C)ccc1N(C)C. The van der Waals surface area contributed by atoms with E-state index < -0.39 is 35.1 Å². The highest BCUT2D eigenvalue weighted by atomic mass is 19.1. The second-order valence-corrected chi connectivity index (χ2v) is 7.18. The average molecular weight is 389 g/mol. The monoisotopic (exact) mass is 389 g/mol. The molecule has 0 heterocycles. The molecule has 2 aromatic rings. The summed E-state index contributed by atoms with van der Waals surface area (Å²) in [6.07, 6.45) is 0. The van der Waals surface area contributed by atoms with Crippen molar-refractivity contribution in [3.63, 3.8) is 0 Å². The van der Waals surface area contributed by atoms with Crippen LogP contribution in [0.15, 0.2) is 36.4 Å². The number of rotatable bonds is 6. The molecule has 0 spiro atoms. The second kappa shape index (κ2) is 8.82. The summed E-state index contributed by atoms with van der Waals surface area (Å²) in [4.78, 5) is 27.0. The van der Waals surface area contributed by atoms with Crippen LogP contribution >= 0.6 is 0 Å². The highest BCUT2D eigenvalue weighted by molar-refractivity contribution is 6.01. The van der Waals surface area contributed by atoms with Crippen LogP contribution in [0.5, 0.6) is 0 Å². The zero-order valence-electron chi connectivity index (χ0n) is 16.6.